The van der Waals surface area contributed by atoms with E-state index in [2.05, 4.69) is 26.8 Å². The second-order valence-corrected chi connectivity index (χ2v) is 7.39. The third kappa shape index (κ3) is 13.1. The lowest BCUT2D eigenvalue weighted by atomic mass is 10.1. The maximum absolute atomic E-state index is 11.1. The molecule has 0 fully saturated rings. The largest absolute Gasteiger partial charge is 0.481 e. The molecule has 4 heteroatoms. The van der Waals surface area contributed by atoms with Crippen molar-refractivity contribution in [1.82, 2.24) is 0 Å². The van der Waals surface area contributed by atoms with Crippen LogP contribution in [0.3, 0.4) is 0 Å². The van der Waals surface area contributed by atoms with Crippen LogP contribution in [0.15, 0.2) is 12.2 Å². The third-order valence-electron chi connectivity index (χ3n) is 4.93. The summed E-state index contributed by atoms with van der Waals surface area (Å²) in [4.78, 5) is 11.1. The first-order valence-corrected chi connectivity index (χ1v) is 10.4. The van der Waals surface area contributed by atoms with E-state index in [1.54, 1.807) is 0 Å². The number of carboxylic acid groups (broad SMARTS) is 1. The maximum Gasteiger partial charge on any atom is 0.309 e. The van der Waals surface area contributed by atoms with Crippen LogP contribution in [0.2, 0.25) is 0 Å². The Hall–Kier alpha value is -0.870. The minimum atomic E-state index is -0.735. The van der Waals surface area contributed by atoms with Gasteiger partial charge in [-0.3, -0.25) is 4.79 Å². The molecule has 0 aromatic rings. The summed E-state index contributed by atoms with van der Waals surface area (Å²) in [5.41, 5.74) is 0. The minimum Gasteiger partial charge on any atom is -0.481 e. The molecule has 0 spiro atoms. The van der Waals surface area contributed by atoms with E-state index >= 15 is 0 Å². The van der Waals surface area contributed by atoms with Gasteiger partial charge in [0.1, 0.15) is 12.6 Å². The van der Waals surface area contributed by atoms with Crippen molar-refractivity contribution in [2.45, 2.75) is 91.1 Å². The number of carboxylic acids is 1. The van der Waals surface area contributed by atoms with Gasteiger partial charge in [-0.05, 0) is 32.1 Å². The van der Waals surface area contributed by atoms with Crippen molar-refractivity contribution in [2.24, 2.45) is 0 Å². The number of aliphatic carboxylic acids is 1. The van der Waals surface area contributed by atoms with Crippen molar-refractivity contribution in [1.29, 1.82) is 0 Å². The van der Waals surface area contributed by atoms with E-state index in [1.807, 2.05) is 6.08 Å². The third-order valence-corrected chi connectivity index (χ3v) is 4.93. The van der Waals surface area contributed by atoms with Crippen LogP contribution < -0.4 is 0 Å². The summed E-state index contributed by atoms with van der Waals surface area (Å²) in [5, 5.41) is 19.7. The van der Waals surface area contributed by atoms with Crippen LogP contribution in [0.25, 0.3) is 0 Å². The normalized spacial score (nSPS) is 13.4. The van der Waals surface area contributed by atoms with E-state index in [0.29, 0.717) is 13.1 Å². The zero-order valence-electron chi connectivity index (χ0n) is 16.9. The summed E-state index contributed by atoms with van der Waals surface area (Å²) in [6, 6.07) is 0. The first-order chi connectivity index (χ1) is 12.0. The van der Waals surface area contributed by atoms with E-state index in [9.17, 15) is 9.90 Å². The minimum absolute atomic E-state index is 0.185. The molecule has 0 saturated carbocycles. The average molecular weight is 357 g/mol. The predicted octanol–water partition coefficient (Wildman–Crippen LogP) is 4.77. The molecular formula is C21H42NO3+. The van der Waals surface area contributed by atoms with Crippen molar-refractivity contribution >= 4 is 5.97 Å². The van der Waals surface area contributed by atoms with Gasteiger partial charge in [0.2, 0.25) is 0 Å². The van der Waals surface area contributed by atoms with Crippen LogP contribution >= 0.6 is 0 Å². The summed E-state index contributed by atoms with van der Waals surface area (Å²) in [7, 11) is 0. The molecule has 0 radical (unpaired) electrons. The molecule has 0 heterocycles. The Balaban J connectivity index is 4.96. The molecule has 0 aliphatic carbocycles. The zero-order chi connectivity index (χ0) is 19.0. The fraction of sp³-hybridized carbons (Fsp3) is 0.857. The molecule has 1 atom stereocenters. The Morgan fingerprint density at radius 2 is 1.48 bits per heavy atom. The molecule has 2 N–H and O–H groups in total. The number of carbonyl (C=O) groups is 1. The number of rotatable bonds is 17. The van der Waals surface area contributed by atoms with Crippen molar-refractivity contribution in [3.05, 3.63) is 12.2 Å². The summed E-state index contributed by atoms with van der Waals surface area (Å²) in [6.07, 6.45) is 13.9. The van der Waals surface area contributed by atoms with Crippen LogP contribution in [-0.2, 0) is 4.79 Å². The Morgan fingerprint density at radius 1 is 0.920 bits per heavy atom. The second kappa shape index (κ2) is 15.4. The van der Waals surface area contributed by atoms with E-state index < -0.39 is 12.1 Å². The molecule has 25 heavy (non-hydrogen) atoms. The van der Waals surface area contributed by atoms with Gasteiger partial charge < -0.3 is 14.7 Å². The van der Waals surface area contributed by atoms with Crippen molar-refractivity contribution in [3.8, 4) is 0 Å². The highest BCUT2D eigenvalue weighted by Gasteiger charge is 2.29. The summed E-state index contributed by atoms with van der Waals surface area (Å²) >= 11 is 0. The van der Waals surface area contributed by atoms with Gasteiger partial charge in [0.25, 0.3) is 0 Å². The highest BCUT2D eigenvalue weighted by molar-refractivity contribution is 5.66. The average Bonchev–Trinajstić information content (AvgIpc) is 2.57. The number of hydrogen-bond donors (Lipinski definition) is 2. The van der Waals surface area contributed by atoms with Gasteiger partial charge >= 0.3 is 5.97 Å². The SMILES string of the molecule is CCCC/C=C/C(O)C[N+](CCCCC)(CCCCC)CCC(=O)O. The first-order valence-electron chi connectivity index (χ1n) is 10.4. The van der Waals surface area contributed by atoms with Crippen molar-refractivity contribution in [3.63, 3.8) is 0 Å². The molecule has 1 unspecified atom stereocenters. The van der Waals surface area contributed by atoms with Gasteiger partial charge in [-0.15, -0.1) is 0 Å². The van der Waals surface area contributed by atoms with Gasteiger partial charge in [-0.25, -0.2) is 0 Å². The number of unbranched alkanes of at least 4 members (excludes halogenated alkanes) is 6. The number of quaternary nitrogens is 1. The number of aliphatic hydroxyl groups is 1. The lowest BCUT2D eigenvalue weighted by Gasteiger charge is -2.40. The van der Waals surface area contributed by atoms with E-state index in [1.165, 1.54) is 12.8 Å². The molecule has 0 bridgehead atoms. The van der Waals surface area contributed by atoms with Crippen LogP contribution in [0, 0.1) is 0 Å². The molecule has 0 rings (SSSR count). The summed E-state index contributed by atoms with van der Waals surface area (Å²) in [5.74, 6) is -0.735. The standard InChI is InChI=1S/C21H41NO3/c1-4-7-10-11-14-20(23)19-22(16-12-8-5-2,17-13-9-6-3)18-15-21(24)25/h11,14,20,23H,4-10,12-13,15-19H2,1-3H3/p+1/b14-11+. The number of aliphatic hydroxyl groups excluding tert-OH is 1. The zero-order valence-corrected chi connectivity index (χ0v) is 16.9. The van der Waals surface area contributed by atoms with Crippen LogP contribution in [0.4, 0.5) is 0 Å². The van der Waals surface area contributed by atoms with Crippen LogP contribution in [-0.4, -0.2) is 52.9 Å². The van der Waals surface area contributed by atoms with E-state index in [0.717, 1.165) is 62.5 Å². The molecule has 148 valence electrons. The Morgan fingerprint density at radius 3 is 1.96 bits per heavy atom. The Kier molecular flexibility index (Phi) is 14.9. The molecule has 0 aliphatic heterocycles. The van der Waals surface area contributed by atoms with Gasteiger partial charge in [-0.1, -0.05) is 58.6 Å². The smallest absolute Gasteiger partial charge is 0.309 e. The fourth-order valence-electron chi connectivity index (χ4n) is 3.37. The second-order valence-electron chi connectivity index (χ2n) is 7.39. The van der Waals surface area contributed by atoms with Gasteiger partial charge in [0.15, 0.2) is 0 Å². The number of allylic oxidation sites excluding steroid dienone is 1. The summed E-state index contributed by atoms with van der Waals surface area (Å²) < 4.78 is 0.742. The highest BCUT2D eigenvalue weighted by atomic mass is 16.4. The molecular weight excluding hydrogens is 314 g/mol. The highest BCUT2D eigenvalue weighted by Crippen LogP contribution is 2.17. The quantitative estimate of drug-likeness (QED) is 0.224. The summed E-state index contributed by atoms with van der Waals surface area (Å²) in [6.45, 7) is 9.77. The van der Waals surface area contributed by atoms with Crippen LogP contribution in [0.5, 0.6) is 0 Å². The van der Waals surface area contributed by atoms with Crippen molar-refractivity contribution < 1.29 is 19.5 Å². The lowest BCUT2D eigenvalue weighted by Crippen LogP contribution is -2.54. The molecule has 0 saturated heterocycles. The van der Waals surface area contributed by atoms with Gasteiger partial charge in [0, 0.05) is 0 Å². The Bertz CT molecular complexity index is 345. The molecule has 0 amide bonds. The molecule has 0 aliphatic rings. The van der Waals surface area contributed by atoms with Gasteiger partial charge in [-0.2, -0.15) is 0 Å². The first kappa shape index (κ1) is 24.1. The van der Waals surface area contributed by atoms with Gasteiger partial charge in [0.05, 0.1) is 26.1 Å². The topological polar surface area (TPSA) is 57.5 Å². The fourth-order valence-corrected chi connectivity index (χ4v) is 3.37. The molecule has 4 nitrogen and oxygen atoms in total. The van der Waals surface area contributed by atoms with E-state index in [-0.39, 0.29) is 6.42 Å². The predicted molar refractivity (Wildman–Crippen MR) is 106 cm³/mol. The van der Waals surface area contributed by atoms with Crippen molar-refractivity contribution in [2.75, 3.05) is 26.2 Å². The maximum atomic E-state index is 11.1. The van der Waals surface area contributed by atoms with E-state index in [4.69, 9.17) is 5.11 Å². The monoisotopic (exact) mass is 356 g/mol. The number of hydrogen-bond acceptors (Lipinski definition) is 2. The number of nitrogens with zero attached hydrogens (tertiary/aromatic N) is 1. The Labute approximate surface area is 155 Å². The lowest BCUT2D eigenvalue weighted by molar-refractivity contribution is -0.930. The molecule has 0 aromatic carbocycles. The molecule has 0 aromatic heterocycles. The van der Waals surface area contributed by atoms with Crippen LogP contribution in [0.1, 0.15) is 85.0 Å².